The molecule has 0 aliphatic rings. The molecule has 0 saturated carbocycles. The highest BCUT2D eigenvalue weighted by Gasteiger charge is 2.26. The fourth-order valence-corrected chi connectivity index (χ4v) is 1.57. The summed E-state index contributed by atoms with van der Waals surface area (Å²) in [4.78, 5) is 22.7. The molecule has 0 aliphatic carbocycles. The van der Waals surface area contributed by atoms with Gasteiger partial charge in [-0.15, -0.1) is 12.4 Å². The van der Waals surface area contributed by atoms with Crippen LogP contribution in [0.3, 0.4) is 0 Å². The minimum Gasteiger partial charge on any atom is -0.351 e. The Hall–Kier alpha value is -1.79. The van der Waals surface area contributed by atoms with Crippen LogP contribution in [0, 0.1) is 5.41 Å². The minimum atomic E-state index is -0.608. The van der Waals surface area contributed by atoms with E-state index < -0.39 is 11.4 Å². The van der Waals surface area contributed by atoms with Crippen LogP contribution in [-0.2, 0) is 4.79 Å². The lowest BCUT2D eigenvalue weighted by atomic mass is 9.92. The van der Waals surface area contributed by atoms with Gasteiger partial charge in [0.1, 0.15) is 0 Å². The summed E-state index contributed by atoms with van der Waals surface area (Å²) in [5.74, 6) is -0.0909. The molecule has 118 valence electrons. The lowest BCUT2D eigenvalue weighted by Crippen LogP contribution is -2.42. The van der Waals surface area contributed by atoms with Crippen LogP contribution in [0.2, 0.25) is 0 Å². The van der Waals surface area contributed by atoms with Gasteiger partial charge in [-0.2, -0.15) is 0 Å². The van der Waals surface area contributed by atoms with Gasteiger partial charge in [-0.1, -0.05) is 12.1 Å². The first-order valence-corrected chi connectivity index (χ1v) is 6.43. The van der Waals surface area contributed by atoms with Crippen molar-refractivity contribution in [2.75, 3.05) is 11.9 Å². The molecule has 0 bridgehead atoms. The fourth-order valence-electron chi connectivity index (χ4n) is 1.57. The maximum Gasteiger partial charge on any atom is 0.316 e. The van der Waals surface area contributed by atoms with Crippen LogP contribution in [0.25, 0.3) is 0 Å². The quantitative estimate of drug-likeness (QED) is 0.664. The van der Waals surface area contributed by atoms with E-state index in [2.05, 4.69) is 10.6 Å². The molecule has 0 heterocycles. The van der Waals surface area contributed by atoms with E-state index in [0.717, 1.165) is 5.56 Å². The van der Waals surface area contributed by atoms with Crippen LogP contribution in [-0.4, -0.2) is 18.5 Å². The number of carbonyl (C=O) groups excluding carboxylic acids is 2. The van der Waals surface area contributed by atoms with Crippen molar-refractivity contribution in [2.24, 2.45) is 16.9 Å². The highest BCUT2D eigenvalue weighted by Crippen LogP contribution is 2.19. The number of carbonyl (C=O) groups is 2. The number of hydrogen-bond donors (Lipinski definition) is 4. The fraction of sp³-hybridized carbons (Fsp3) is 0.429. The number of anilines is 1. The van der Waals surface area contributed by atoms with Gasteiger partial charge in [0.15, 0.2) is 0 Å². The van der Waals surface area contributed by atoms with Crippen molar-refractivity contribution in [3.8, 4) is 0 Å². The summed E-state index contributed by atoms with van der Waals surface area (Å²) in [6.07, 6.45) is 0. The van der Waals surface area contributed by atoms with Gasteiger partial charge in [0, 0.05) is 12.2 Å². The van der Waals surface area contributed by atoms with Crippen LogP contribution in [0.1, 0.15) is 32.4 Å². The monoisotopic (exact) mass is 314 g/mol. The van der Waals surface area contributed by atoms with Crippen molar-refractivity contribution in [3.63, 3.8) is 0 Å². The molecule has 6 nitrogen and oxygen atoms in total. The van der Waals surface area contributed by atoms with Gasteiger partial charge < -0.3 is 22.1 Å². The average molecular weight is 315 g/mol. The predicted octanol–water partition coefficient (Wildman–Crippen LogP) is 1.76. The van der Waals surface area contributed by atoms with Crippen LogP contribution in [0.5, 0.6) is 0 Å². The van der Waals surface area contributed by atoms with Crippen molar-refractivity contribution in [1.29, 1.82) is 0 Å². The van der Waals surface area contributed by atoms with Crippen molar-refractivity contribution in [1.82, 2.24) is 5.32 Å². The molecule has 1 aromatic carbocycles. The van der Waals surface area contributed by atoms with E-state index in [1.54, 1.807) is 26.0 Å². The van der Waals surface area contributed by atoms with Gasteiger partial charge in [-0.25, -0.2) is 4.79 Å². The Morgan fingerprint density at radius 1 is 1.24 bits per heavy atom. The number of nitrogens with one attached hydrogen (secondary N) is 2. The second-order valence-corrected chi connectivity index (χ2v) is 5.39. The zero-order valence-electron chi connectivity index (χ0n) is 12.5. The van der Waals surface area contributed by atoms with Crippen LogP contribution >= 0.6 is 12.4 Å². The topological polar surface area (TPSA) is 110 Å². The van der Waals surface area contributed by atoms with E-state index in [-0.39, 0.29) is 30.9 Å². The molecule has 7 heteroatoms. The van der Waals surface area contributed by atoms with E-state index in [1.165, 1.54) is 0 Å². The smallest absolute Gasteiger partial charge is 0.316 e. The second-order valence-electron chi connectivity index (χ2n) is 5.39. The Bertz CT molecular complexity index is 488. The number of benzene rings is 1. The summed E-state index contributed by atoms with van der Waals surface area (Å²) < 4.78 is 0. The van der Waals surface area contributed by atoms with Crippen LogP contribution < -0.4 is 22.1 Å². The molecule has 0 radical (unpaired) electrons. The molecule has 1 unspecified atom stereocenters. The number of rotatable bonds is 5. The summed E-state index contributed by atoms with van der Waals surface area (Å²) >= 11 is 0. The summed E-state index contributed by atoms with van der Waals surface area (Å²) in [6, 6.07) is 6.37. The SMILES string of the molecule is CC(NC(=O)C(C)(C)CN)c1ccc(NC(N)=O)cc1.Cl. The maximum absolute atomic E-state index is 12.0. The third-order valence-electron chi connectivity index (χ3n) is 3.15. The molecule has 1 atom stereocenters. The lowest BCUT2D eigenvalue weighted by Gasteiger charge is -2.24. The molecule has 1 aromatic rings. The van der Waals surface area contributed by atoms with Crippen molar-refractivity contribution in [3.05, 3.63) is 29.8 Å². The Balaban J connectivity index is 0.00000400. The zero-order chi connectivity index (χ0) is 15.3. The molecule has 3 amide bonds. The van der Waals surface area contributed by atoms with Crippen molar-refractivity contribution in [2.45, 2.75) is 26.8 Å². The van der Waals surface area contributed by atoms with Gasteiger partial charge in [-0.05, 0) is 38.5 Å². The number of amides is 3. The maximum atomic E-state index is 12.0. The molecule has 6 N–H and O–H groups in total. The van der Waals surface area contributed by atoms with E-state index >= 15 is 0 Å². The Morgan fingerprint density at radius 2 is 1.76 bits per heavy atom. The highest BCUT2D eigenvalue weighted by molar-refractivity contribution is 5.87. The van der Waals surface area contributed by atoms with Crippen LogP contribution in [0.4, 0.5) is 10.5 Å². The predicted molar refractivity (Wildman–Crippen MR) is 86.3 cm³/mol. The minimum absolute atomic E-state index is 0. The number of hydrogen-bond acceptors (Lipinski definition) is 3. The molecular formula is C14H23ClN4O2. The molecule has 0 saturated heterocycles. The largest absolute Gasteiger partial charge is 0.351 e. The molecule has 0 aromatic heterocycles. The van der Waals surface area contributed by atoms with Gasteiger partial charge in [0.2, 0.25) is 5.91 Å². The van der Waals surface area contributed by atoms with Crippen LogP contribution in [0.15, 0.2) is 24.3 Å². The normalized spacial score (nSPS) is 12.0. The molecule has 1 rings (SSSR count). The average Bonchev–Trinajstić information content (AvgIpc) is 2.38. The summed E-state index contributed by atoms with van der Waals surface area (Å²) in [7, 11) is 0. The molecular weight excluding hydrogens is 292 g/mol. The zero-order valence-corrected chi connectivity index (χ0v) is 13.3. The van der Waals surface area contributed by atoms with Gasteiger partial charge >= 0.3 is 6.03 Å². The standard InChI is InChI=1S/C14H22N4O2.ClH/c1-9(17-12(19)14(2,3)8-15)10-4-6-11(7-5-10)18-13(16)20;/h4-7,9H,8,15H2,1-3H3,(H,17,19)(H3,16,18,20);1H. The summed E-state index contributed by atoms with van der Waals surface area (Å²) in [5, 5.41) is 5.40. The first-order chi connectivity index (χ1) is 9.26. The lowest BCUT2D eigenvalue weighted by molar-refractivity contribution is -0.129. The molecule has 0 spiro atoms. The number of primary amides is 1. The Kier molecular flexibility index (Phi) is 7.18. The number of nitrogens with two attached hydrogens (primary N) is 2. The van der Waals surface area contributed by atoms with Crippen molar-refractivity contribution < 1.29 is 9.59 Å². The van der Waals surface area contributed by atoms with E-state index in [0.29, 0.717) is 5.69 Å². The van der Waals surface area contributed by atoms with E-state index in [1.807, 2.05) is 19.1 Å². The first-order valence-electron chi connectivity index (χ1n) is 6.43. The molecule has 0 aliphatic heterocycles. The van der Waals surface area contributed by atoms with E-state index in [4.69, 9.17) is 11.5 Å². The first kappa shape index (κ1) is 19.2. The Labute approximate surface area is 131 Å². The van der Waals surface area contributed by atoms with Gasteiger partial charge in [0.25, 0.3) is 0 Å². The third-order valence-corrected chi connectivity index (χ3v) is 3.15. The highest BCUT2D eigenvalue weighted by atomic mass is 35.5. The van der Waals surface area contributed by atoms with E-state index in [9.17, 15) is 9.59 Å². The van der Waals surface area contributed by atoms with Gasteiger partial charge in [-0.3, -0.25) is 4.79 Å². The number of urea groups is 1. The third kappa shape index (κ3) is 5.61. The number of halogens is 1. The summed E-state index contributed by atoms with van der Waals surface area (Å²) in [5.41, 5.74) is 11.6. The Morgan fingerprint density at radius 3 is 2.19 bits per heavy atom. The van der Waals surface area contributed by atoms with Gasteiger partial charge in [0.05, 0.1) is 11.5 Å². The molecule has 21 heavy (non-hydrogen) atoms. The second kappa shape index (κ2) is 7.85. The van der Waals surface area contributed by atoms with Crippen molar-refractivity contribution >= 4 is 30.0 Å². The molecule has 0 fully saturated rings. The summed E-state index contributed by atoms with van der Waals surface area (Å²) in [6.45, 7) is 5.78.